The molecule has 0 fully saturated rings. The Morgan fingerprint density at radius 3 is 2.62 bits per heavy atom. The number of carbonyl (C=O) groups excluding carboxylic acids is 1. The third kappa shape index (κ3) is 6.31. The van der Waals surface area contributed by atoms with Gasteiger partial charge in [0.25, 0.3) is 0 Å². The Morgan fingerprint density at radius 2 is 2.00 bits per heavy atom. The number of anilines is 3. The van der Waals surface area contributed by atoms with Crippen LogP contribution < -0.4 is 10.6 Å². The van der Waals surface area contributed by atoms with Crippen LogP contribution in [0.3, 0.4) is 0 Å². The molecule has 0 aliphatic rings. The molecular weight excluding hydrogens is 462 g/mol. The number of esters is 1. The summed E-state index contributed by atoms with van der Waals surface area (Å²) in [6, 6.07) is 6.37. The molecule has 0 unspecified atom stereocenters. The molecule has 2 atom stereocenters. The second-order valence-electron chi connectivity index (χ2n) is 7.41. The summed E-state index contributed by atoms with van der Waals surface area (Å²) >= 11 is 0. The van der Waals surface area contributed by atoms with Gasteiger partial charge in [-0.15, -0.1) is 0 Å². The summed E-state index contributed by atoms with van der Waals surface area (Å²) < 4.78 is 23.1. The normalized spacial score (nSPS) is 13.6. The highest BCUT2D eigenvalue weighted by atomic mass is 32.2. The third-order valence-corrected chi connectivity index (χ3v) is 6.43. The fraction of sp³-hybridized carbons (Fsp3) is 0.318. The second-order valence-corrected chi connectivity index (χ2v) is 9.92. The summed E-state index contributed by atoms with van der Waals surface area (Å²) in [6.07, 6.45) is 4.32. The van der Waals surface area contributed by atoms with Gasteiger partial charge in [-0.25, -0.2) is 14.8 Å². The molecule has 34 heavy (non-hydrogen) atoms. The highest BCUT2D eigenvalue weighted by Crippen LogP contribution is 2.28. The van der Waals surface area contributed by atoms with E-state index in [2.05, 4.69) is 25.6 Å². The fourth-order valence-electron chi connectivity index (χ4n) is 2.86. The number of rotatable bonds is 10. The maximum atomic E-state index is 12.9. The lowest BCUT2D eigenvalue weighted by Gasteiger charge is -2.15. The first-order chi connectivity index (χ1) is 16.2. The van der Waals surface area contributed by atoms with Crippen molar-refractivity contribution in [1.82, 2.24) is 15.0 Å². The molecule has 0 saturated carbocycles. The van der Waals surface area contributed by atoms with Gasteiger partial charge in [-0.3, -0.25) is 4.21 Å². The Balaban J connectivity index is 1.85. The summed E-state index contributed by atoms with van der Waals surface area (Å²) in [6.45, 7) is 3.28. The average Bonchev–Trinajstić information content (AvgIpc) is 3.28. The van der Waals surface area contributed by atoms with Crippen LogP contribution in [0.4, 0.5) is 17.5 Å². The molecule has 0 radical (unpaired) electrons. The molecule has 2 heterocycles. The lowest BCUT2D eigenvalue weighted by molar-refractivity contribution is -0.134. The van der Waals surface area contributed by atoms with Crippen molar-refractivity contribution in [3.63, 3.8) is 0 Å². The number of carbonyl (C=O) groups is 1. The van der Waals surface area contributed by atoms with Crippen molar-refractivity contribution in [2.75, 3.05) is 30.1 Å². The van der Waals surface area contributed by atoms with Crippen molar-refractivity contribution in [3.05, 3.63) is 42.4 Å². The molecular formula is C22H27N5O6S. The van der Waals surface area contributed by atoms with Crippen molar-refractivity contribution in [1.29, 1.82) is 0 Å². The number of benzene rings is 1. The van der Waals surface area contributed by atoms with Gasteiger partial charge >= 0.3 is 5.97 Å². The maximum Gasteiger partial charge on any atom is 0.339 e. The zero-order valence-corrected chi connectivity index (χ0v) is 19.8. The number of hydrogen-bond donors (Lipinski definition) is 4. The van der Waals surface area contributed by atoms with Crippen molar-refractivity contribution in [2.45, 2.75) is 31.4 Å². The van der Waals surface area contributed by atoms with E-state index in [4.69, 9.17) is 9.15 Å². The Bertz CT molecular complexity index is 1250. The summed E-state index contributed by atoms with van der Waals surface area (Å²) in [4.78, 5) is 25.1. The quantitative estimate of drug-likeness (QED) is 0.243. The molecule has 0 spiro atoms. The van der Waals surface area contributed by atoms with E-state index >= 15 is 0 Å². The van der Waals surface area contributed by atoms with E-state index in [1.54, 1.807) is 38.1 Å². The largest absolute Gasteiger partial charge is 0.462 e. The topological polar surface area (TPSA) is 160 Å². The number of aliphatic hydroxyl groups is 2. The lowest BCUT2D eigenvalue weighted by Crippen LogP contribution is -2.21. The van der Waals surface area contributed by atoms with E-state index in [0.29, 0.717) is 27.7 Å². The summed E-state index contributed by atoms with van der Waals surface area (Å²) in [5.41, 5.74) is 1.45. The van der Waals surface area contributed by atoms with Crippen LogP contribution in [-0.4, -0.2) is 66.2 Å². The van der Waals surface area contributed by atoms with Gasteiger partial charge in [0.1, 0.15) is 17.8 Å². The summed E-state index contributed by atoms with van der Waals surface area (Å²) in [5, 5.41) is 25.9. The number of hydrogen-bond acceptors (Lipinski definition) is 11. The van der Waals surface area contributed by atoms with E-state index in [0.717, 1.165) is 5.37 Å². The van der Waals surface area contributed by atoms with Gasteiger partial charge in [0, 0.05) is 38.6 Å². The molecule has 4 N–H and O–H groups in total. The van der Waals surface area contributed by atoms with E-state index < -0.39 is 15.5 Å². The van der Waals surface area contributed by atoms with Gasteiger partial charge in [-0.1, -0.05) is 0 Å². The number of aromatic nitrogens is 3. The Labute approximate surface area is 197 Å². The standard InChI is InChI=1S/C22H27N5O6S/c1-4-32-19(30)13-34(3,31)17-7-5-15(6-8-17)26-22-23-9-18(20(27-22)24-14(2)10-28)21-25-16(11-29)12-33-21/h5-9,12-14,28-29H,4,10-11H2,1-3H3,(H2,23,24,26,27)/t14-,34-/m1/s1. The molecule has 182 valence electrons. The van der Waals surface area contributed by atoms with Crippen LogP contribution >= 0.6 is 0 Å². The number of ether oxygens (including phenoxy) is 1. The van der Waals surface area contributed by atoms with Crippen LogP contribution in [0, 0.1) is 0 Å². The van der Waals surface area contributed by atoms with Gasteiger partial charge < -0.3 is 30.0 Å². The van der Waals surface area contributed by atoms with E-state index in [-0.39, 0.29) is 37.7 Å². The molecule has 2 aromatic heterocycles. The molecule has 11 nitrogen and oxygen atoms in total. The Hall–Kier alpha value is -3.48. The average molecular weight is 490 g/mol. The van der Waals surface area contributed by atoms with Crippen LogP contribution in [0.2, 0.25) is 0 Å². The van der Waals surface area contributed by atoms with Gasteiger partial charge in [-0.2, -0.15) is 4.98 Å². The van der Waals surface area contributed by atoms with E-state index in [1.807, 2.05) is 0 Å². The van der Waals surface area contributed by atoms with Crippen LogP contribution in [0.25, 0.3) is 11.5 Å². The fourth-order valence-corrected chi connectivity index (χ4v) is 4.10. The highest BCUT2D eigenvalue weighted by Gasteiger charge is 2.17. The zero-order chi connectivity index (χ0) is 24.7. The summed E-state index contributed by atoms with van der Waals surface area (Å²) in [7, 11) is -2.71. The minimum absolute atomic E-state index is 0.125. The van der Waals surface area contributed by atoms with E-state index in [9.17, 15) is 19.2 Å². The second kappa shape index (κ2) is 11.1. The molecule has 0 aliphatic heterocycles. The van der Waals surface area contributed by atoms with Crippen molar-refractivity contribution in [3.8, 4) is 11.5 Å². The van der Waals surface area contributed by atoms with Gasteiger partial charge in [0.2, 0.25) is 11.8 Å². The first-order valence-electron chi connectivity index (χ1n) is 10.4. The molecule has 1 aromatic carbocycles. The maximum absolute atomic E-state index is 12.9. The van der Waals surface area contributed by atoms with Gasteiger partial charge in [0.15, 0.2) is 0 Å². The minimum atomic E-state index is -2.71. The Kier molecular flexibility index (Phi) is 8.21. The van der Waals surface area contributed by atoms with Crippen LogP contribution in [0.1, 0.15) is 19.5 Å². The lowest BCUT2D eigenvalue weighted by atomic mass is 10.2. The first kappa shape index (κ1) is 25.1. The zero-order valence-electron chi connectivity index (χ0n) is 19.0. The molecule has 0 amide bonds. The predicted molar refractivity (Wildman–Crippen MR) is 128 cm³/mol. The van der Waals surface area contributed by atoms with Gasteiger partial charge in [0.05, 0.1) is 30.8 Å². The van der Waals surface area contributed by atoms with E-state index in [1.165, 1.54) is 18.7 Å². The monoisotopic (exact) mass is 489 g/mol. The summed E-state index contributed by atoms with van der Waals surface area (Å²) in [5.74, 6) is 0.235. The molecule has 0 saturated heterocycles. The number of nitrogens with one attached hydrogen (secondary N) is 2. The van der Waals surface area contributed by atoms with Crippen LogP contribution in [0.5, 0.6) is 0 Å². The minimum Gasteiger partial charge on any atom is -0.462 e. The first-order valence-corrected chi connectivity index (χ1v) is 12.5. The number of oxazole rings is 1. The molecule has 12 heteroatoms. The molecule has 0 aliphatic carbocycles. The number of aliphatic hydroxyl groups excluding tert-OH is 2. The Morgan fingerprint density at radius 1 is 1.26 bits per heavy atom. The number of nitrogens with zero attached hydrogens (tertiary/aromatic N) is 3. The highest BCUT2D eigenvalue weighted by molar-refractivity contribution is 8.01. The molecule has 3 rings (SSSR count). The molecule has 0 bridgehead atoms. The predicted octanol–water partition coefficient (Wildman–Crippen LogP) is 1.80. The van der Waals surface area contributed by atoms with Crippen LogP contribution in [-0.2, 0) is 25.7 Å². The van der Waals surface area contributed by atoms with Gasteiger partial charge in [-0.05, 0) is 38.1 Å². The third-order valence-electron chi connectivity index (χ3n) is 4.58. The van der Waals surface area contributed by atoms with Crippen LogP contribution in [0.15, 0.2) is 46.0 Å². The molecule has 3 aromatic rings. The SMILES string of the molecule is CCOC(=O)C=[S@@](C)(=O)c1ccc(Nc2ncc(-c3nc(CO)co3)c(N[C@H](C)CO)n2)cc1. The van der Waals surface area contributed by atoms with Crippen molar-refractivity contribution >= 4 is 38.3 Å². The van der Waals surface area contributed by atoms with Crippen molar-refractivity contribution in [2.24, 2.45) is 0 Å². The smallest absolute Gasteiger partial charge is 0.339 e. The van der Waals surface area contributed by atoms with Crippen molar-refractivity contribution < 1.29 is 28.4 Å².